The van der Waals surface area contributed by atoms with Gasteiger partial charge in [0.05, 0.1) is 27.4 Å². The summed E-state index contributed by atoms with van der Waals surface area (Å²) < 4.78 is 38.1. The number of Topliss-reactive ketones (excluding diaryl/α,β-unsaturated/α-hetero) is 1. The highest BCUT2D eigenvalue weighted by molar-refractivity contribution is 6.33. The Morgan fingerprint density at radius 2 is 2.00 bits per heavy atom. The van der Waals surface area contributed by atoms with Crippen LogP contribution in [0.3, 0.4) is 0 Å². The van der Waals surface area contributed by atoms with Crippen LogP contribution in [0.4, 0.5) is 13.2 Å². The molecular formula is C17H10ClF3N2O2. The molecule has 0 unspecified atom stereocenters. The Morgan fingerprint density at radius 3 is 2.60 bits per heavy atom. The van der Waals surface area contributed by atoms with Gasteiger partial charge < -0.3 is 4.98 Å². The second-order valence-corrected chi connectivity index (χ2v) is 5.78. The van der Waals surface area contributed by atoms with Crippen molar-refractivity contribution in [3.8, 4) is 11.3 Å². The summed E-state index contributed by atoms with van der Waals surface area (Å²) in [6.07, 6.45) is -2.67. The summed E-state index contributed by atoms with van der Waals surface area (Å²) in [6.45, 7) is 1.37. The minimum absolute atomic E-state index is 0.0203. The van der Waals surface area contributed by atoms with E-state index in [9.17, 15) is 22.8 Å². The standard InChI is InChI=1S/C17H10ClF3N2O2/c1-8(24)10-3-2-4-11-14(10)23-7-12(16(11)25)15-13(18)5-9(6-22-15)17(19,20)21/h2-7H,1H3,(H,23,25). The van der Waals surface area contributed by atoms with Crippen LogP contribution in [0.1, 0.15) is 22.8 Å². The van der Waals surface area contributed by atoms with E-state index in [4.69, 9.17) is 11.6 Å². The minimum Gasteiger partial charge on any atom is -0.360 e. The highest BCUT2D eigenvalue weighted by atomic mass is 35.5. The van der Waals surface area contributed by atoms with Crippen molar-refractivity contribution < 1.29 is 18.0 Å². The third-order valence-electron chi connectivity index (χ3n) is 3.72. The number of rotatable bonds is 2. The summed E-state index contributed by atoms with van der Waals surface area (Å²) in [5.41, 5.74) is -0.833. The quantitative estimate of drug-likeness (QED) is 0.681. The second-order valence-electron chi connectivity index (χ2n) is 5.37. The molecule has 3 aromatic rings. The highest BCUT2D eigenvalue weighted by Gasteiger charge is 2.32. The van der Waals surface area contributed by atoms with Crippen LogP contribution < -0.4 is 5.43 Å². The SMILES string of the molecule is CC(=O)c1cccc2c(=O)c(-c3ncc(C(F)(F)F)cc3Cl)c[nH]c12. The lowest BCUT2D eigenvalue weighted by atomic mass is 10.0. The van der Waals surface area contributed by atoms with Gasteiger partial charge in [-0.2, -0.15) is 13.2 Å². The molecule has 4 nitrogen and oxygen atoms in total. The lowest BCUT2D eigenvalue weighted by Gasteiger charge is -2.10. The summed E-state index contributed by atoms with van der Waals surface area (Å²) in [4.78, 5) is 30.9. The molecule has 2 aromatic heterocycles. The third-order valence-corrected chi connectivity index (χ3v) is 4.01. The van der Waals surface area contributed by atoms with Gasteiger partial charge >= 0.3 is 6.18 Å². The number of ketones is 1. The van der Waals surface area contributed by atoms with Crippen molar-refractivity contribution in [2.45, 2.75) is 13.1 Å². The lowest BCUT2D eigenvalue weighted by Crippen LogP contribution is -2.11. The molecule has 1 aromatic carbocycles. The third kappa shape index (κ3) is 3.02. The molecule has 25 heavy (non-hydrogen) atoms. The van der Waals surface area contributed by atoms with Crippen molar-refractivity contribution in [1.29, 1.82) is 0 Å². The number of benzene rings is 1. The summed E-state index contributed by atoms with van der Waals surface area (Å²) in [5, 5.41) is -0.0645. The summed E-state index contributed by atoms with van der Waals surface area (Å²) in [5.74, 6) is -0.223. The largest absolute Gasteiger partial charge is 0.417 e. The van der Waals surface area contributed by atoms with Gasteiger partial charge in [-0.1, -0.05) is 17.7 Å². The maximum Gasteiger partial charge on any atom is 0.417 e. The van der Waals surface area contributed by atoms with Gasteiger partial charge in [-0.15, -0.1) is 0 Å². The van der Waals surface area contributed by atoms with E-state index in [-0.39, 0.29) is 27.4 Å². The molecule has 0 radical (unpaired) electrons. The van der Waals surface area contributed by atoms with Gasteiger partial charge in [-0.3, -0.25) is 14.6 Å². The molecular weight excluding hydrogens is 357 g/mol. The zero-order chi connectivity index (χ0) is 18.4. The molecule has 2 heterocycles. The number of nitrogens with one attached hydrogen (secondary N) is 1. The van der Waals surface area contributed by atoms with E-state index in [2.05, 4.69) is 9.97 Å². The first-order valence-electron chi connectivity index (χ1n) is 7.08. The van der Waals surface area contributed by atoms with E-state index >= 15 is 0 Å². The van der Waals surface area contributed by atoms with E-state index in [0.29, 0.717) is 17.3 Å². The Morgan fingerprint density at radius 1 is 1.28 bits per heavy atom. The molecule has 0 aliphatic heterocycles. The lowest BCUT2D eigenvalue weighted by molar-refractivity contribution is -0.137. The fraction of sp³-hybridized carbons (Fsp3) is 0.118. The van der Waals surface area contributed by atoms with Gasteiger partial charge in [0.1, 0.15) is 0 Å². The number of alkyl halides is 3. The molecule has 128 valence electrons. The van der Waals surface area contributed by atoms with Gasteiger partial charge in [0.25, 0.3) is 0 Å². The molecule has 0 saturated heterocycles. The molecule has 8 heteroatoms. The van der Waals surface area contributed by atoms with Gasteiger partial charge in [-0.25, -0.2) is 0 Å². The number of hydrogen-bond acceptors (Lipinski definition) is 3. The van der Waals surface area contributed by atoms with E-state index in [0.717, 1.165) is 6.07 Å². The fourth-order valence-corrected chi connectivity index (χ4v) is 2.78. The zero-order valence-corrected chi connectivity index (χ0v) is 13.5. The first-order chi connectivity index (χ1) is 11.7. The Hall–Kier alpha value is -2.67. The predicted octanol–water partition coefficient (Wildman–Crippen LogP) is 4.46. The van der Waals surface area contributed by atoms with Crippen LogP contribution in [0.15, 0.2) is 41.5 Å². The number of carbonyl (C=O) groups excluding carboxylic acids is 1. The number of para-hydroxylation sites is 1. The van der Waals surface area contributed by atoms with E-state index in [1.807, 2.05) is 0 Å². The van der Waals surface area contributed by atoms with Crippen molar-refractivity contribution in [2.75, 3.05) is 0 Å². The number of H-pyrrole nitrogens is 1. The van der Waals surface area contributed by atoms with Crippen LogP contribution in [-0.4, -0.2) is 15.8 Å². The molecule has 0 bridgehead atoms. The number of nitrogens with zero attached hydrogens (tertiary/aromatic N) is 1. The normalized spacial score (nSPS) is 11.7. The van der Waals surface area contributed by atoms with Gasteiger partial charge in [-0.05, 0) is 25.1 Å². The Bertz CT molecular complexity index is 1060. The minimum atomic E-state index is -4.58. The molecule has 0 fully saturated rings. The average molecular weight is 367 g/mol. The molecule has 0 amide bonds. The number of pyridine rings is 2. The summed E-state index contributed by atoms with van der Waals surface area (Å²) in [7, 11) is 0. The monoisotopic (exact) mass is 366 g/mol. The molecule has 0 saturated carbocycles. The van der Waals surface area contributed by atoms with Gasteiger partial charge in [0, 0.05) is 23.3 Å². The van der Waals surface area contributed by atoms with E-state index < -0.39 is 17.2 Å². The number of halogens is 4. The maximum atomic E-state index is 12.7. The van der Waals surface area contributed by atoms with Gasteiger partial charge in [0.2, 0.25) is 0 Å². The van der Waals surface area contributed by atoms with Crippen LogP contribution in [0.5, 0.6) is 0 Å². The molecule has 0 aliphatic rings. The number of aromatic amines is 1. The van der Waals surface area contributed by atoms with E-state index in [1.165, 1.54) is 19.2 Å². The molecule has 0 aliphatic carbocycles. The zero-order valence-electron chi connectivity index (χ0n) is 12.7. The first kappa shape index (κ1) is 17.2. The molecule has 3 rings (SSSR count). The van der Waals surface area contributed by atoms with Gasteiger partial charge in [0.15, 0.2) is 11.2 Å². The average Bonchev–Trinajstić information content (AvgIpc) is 2.54. The summed E-state index contributed by atoms with van der Waals surface area (Å²) >= 11 is 5.91. The highest BCUT2D eigenvalue weighted by Crippen LogP contribution is 2.33. The van der Waals surface area contributed by atoms with Crippen molar-refractivity contribution in [3.63, 3.8) is 0 Å². The van der Waals surface area contributed by atoms with Crippen molar-refractivity contribution in [3.05, 3.63) is 63.0 Å². The Balaban J connectivity index is 2.23. The first-order valence-corrected chi connectivity index (χ1v) is 7.46. The molecule has 0 spiro atoms. The number of hydrogen-bond donors (Lipinski definition) is 1. The van der Waals surface area contributed by atoms with Crippen LogP contribution in [0, 0.1) is 0 Å². The maximum absolute atomic E-state index is 12.7. The fourth-order valence-electron chi connectivity index (χ4n) is 2.51. The predicted molar refractivity (Wildman–Crippen MR) is 87.8 cm³/mol. The van der Waals surface area contributed by atoms with Crippen molar-refractivity contribution >= 4 is 28.3 Å². The Labute approximate surface area is 144 Å². The number of aromatic nitrogens is 2. The molecule has 1 N–H and O–H groups in total. The number of fused-ring (bicyclic) bond motifs is 1. The smallest absolute Gasteiger partial charge is 0.360 e. The van der Waals surface area contributed by atoms with Crippen LogP contribution in [0.2, 0.25) is 5.02 Å². The Kier molecular flexibility index (Phi) is 4.12. The number of carbonyl (C=O) groups is 1. The van der Waals surface area contributed by atoms with Crippen LogP contribution in [-0.2, 0) is 6.18 Å². The summed E-state index contributed by atoms with van der Waals surface area (Å²) in [6, 6.07) is 5.37. The second kappa shape index (κ2) is 6.00. The van der Waals surface area contributed by atoms with Crippen LogP contribution in [0.25, 0.3) is 22.2 Å². The topological polar surface area (TPSA) is 62.8 Å². The van der Waals surface area contributed by atoms with Crippen molar-refractivity contribution in [2.24, 2.45) is 0 Å². The van der Waals surface area contributed by atoms with E-state index in [1.54, 1.807) is 12.1 Å². The molecule has 0 atom stereocenters. The van der Waals surface area contributed by atoms with Crippen molar-refractivity contribution in [1.82, 2.24) is 9.97 Å². The van der Waals surface area contributed by atoms with Crippen LogP contribution >= 0.6 is 11.6 Å².